The topological polar surface area (TPSA) is 58.4 Å². The highest BCUT2D eigenvalue weighted by atomic mass is 32.2. The van der Waals surface area contributed by atoms with Crippen molar-refractivity contribution >= 4 is 11.8 Å². The fraction of sp³-hybridized carbons (Fsp3) is 0.167. The first-order chi connectivity index (χ1) is 15.7. The highest BCUT2D eigenvalue weighted by molar-refractivity contribution is 7.98. The van der Waals surface area contributed by atoms with E-state index in [4.69, 9.17) is 14.2 Å². The number of aromatic nitrogens is 3. The average molecular weight is 450 g/mol. The first kappa shape index (κ1) is 20.4. The van der Waals surface area contributed by atoms with E-state index in [1.165, 1.54) is 23.9 Å². The van der Waals surface area contributed by atoms with Gasteiger partial charge < -0.3 is 14.2 Å². The molecule has 2 heterocycles. The molecule has 0 amide bonds. The molecule has 0 saturated carbocycles. The van der Waals surface area contributed by atoms with Crippen molar-refractivity contribution in [2.75, 3.05) is 13.9 Å². The SMILES string of the molecule is COc1ccc(F)cc1CSc1nnc(-c2ccccc2)n1Cc1ccc2c(c1)OCO2. The van der Waals surface area contributed by atoms with Crippen molar-refractivity contribution < 1.29 is 18.6 Å². The Bertz CT molecular complexity index is 1250. The van der Waals surface area contributed by atoms with E-state index < -0.39 is 0 Å². The molecule has 0 unspecified atom stereocenters. The van der Waals surface area contributed by atoms with Gasteiger partial charge in [0.25, 0.3) is 0 Å². The molecule has 0 atom stereocenters. The van der Waals surface area contributed by atoms with E-state index in [0.29, 0.717) is 18.0 Å². The third-order valence-electron chi connectivity index (χ3n) is 5.13. The number of methoxy groups -OCH3 is 1. The van der Waals surface area contributed by atoms with Crippen LogP contribution in [0.2, 0.25) is 0 Å². The summed E-state index contributed by atoms with van der Waals surface area (Å²) < 4.78 is 32.2. The Kier molecular flexibility index (Phi) is 5.68. The summed E-state index contributed by atoms with van der Waals surface area (Å²) in [5.41, 5.74) is 2.77. The van der Waals surface area contributed by atoms with Gasteiger partial charge in [-0.3, -0.25) is 4.57 Å². The van der Waals surface area contributed by atoms with Crippen LogP contribution < -0.4 is 14.2 Å². The normalized spacial score (nSPS) is 12.2. The van der Waals surface area contributed by atoms with Gasteiger partial charge in [-0.25, -0.2) is 4.39 Å². The predicted octanol–water partition coefficient (Wildman–Crippen LogP) is 5.16. The van der Waals surface area contributed by atoms with Gasteiger partial charge in [0.05, 0.1) is 13.7 Å². The second-order valence-corrected chi connectivity index (χ2v) is 8.13. The number of benzene rings is 3. The molecular formula is C24H20FN3O3S. The van der Waals surface area contributed by atoms with Crippen molar-refractivity contribution in [3.8, 4) is 28.6 Å². The summed E-state index contributed by atoms with van der Waals surface area (Å²) in [6, 6.07) is 20.3. The summed E-state index contributed by atoms with van der Waals surface area (Å²) in [5, 5.41) is 9.63. The van der Waals surface area contributed by atoms with Gasteiger partial charge in [0.2, 0.25) is 6.79 Å². The van der Waals surface area contributed by atoms with E-state index in [1.54, 1.807) is 13.2 Å². The van der Waals surface area contributed by atoms with Crippen molar-refractivity contribution in [3.05, 3.63) is 83.7 Å². The van der Waals surface area contributed by atoms with Gasteiger partial charge in [0.15, 0.2) is 22.5 Å². The van der Waals surface area contributed by atoms with Crippen LogP contribution in [0.4, 0.5) is 4.39 Å². The van der Waals surface area contributed by atoms with Gasteiger partial charge in [-0.2, -0.15) is 0 Å². The quantitative estimate of drug-likeness (QED) is 0.363. The summed E-state index contributed by atoms with van der Waals surface area (Å²) in [4.78, 5) is 0. The van der Waals surface area contributed by atoms with Gasteiger partial charge >= 0.3 is 0 Å². The van der Waals surface area contributed by atoms with E-state index in [-0.39, 0.29) is 12.6 Å². The van der Waals surface area contributed by atoms with E-state index >= 15 is 0 Å². The molecule has 3 aromatic carbocycles. The molecule has 5 rings (SSSR count). The molecule has 1 aromatic heterocycles. The number of rotatable bonds is 7. The van der Waals surface area contributed by atoms with E-state index in [1.807, 2.05) is 48.5 Å². The Labute approximate surface area is 189 Å². The van der Waals surface area contributed by atoms with Crippen molar-refractivity contribution in [1.82, 2.24) is 14.8 Å². The lowest BCUT2D eigenvalue weighted by Crippen LogP contribution is -2.04. The summed E-state index contributed by atoms with van der Waals surface area (Å²) in [5.74, 6) is 3.08. The summed E-state index contributed by atoms with van der Waals surface area (Å²) >= 11 is 1.49. The molecule has 8 heteroatoms. The lowest BCUT2D eigenvalue weighted by atomic mass is 10.2. The molecule has 32 heavy (non-hydrogen) atoms. The number of nitrogens with zero attached hydrogens (tertiary/aromatic N) is 3. The highest BCUT2D eigenvalue weighted by Gasteiger charge is 2.18. The molecule has 0 N–H and O–H groups in total. The Morgan fingerprint density at radius 1 is 1.00 bits per heavy atom. The second kappa shape index (κ2) is 8.92. The van der Waals surface area contributed by atoms with Crippen molar-refractivity contribution in [1.29, 1.82) is 0 Å². The van der Waals surface area contributed by atoms with Gasteiger partial charge in [-0.1, -0.05) is 48.2 Å². The summed E-state index contributed by atoms with van der Waals surface area (Å²) in [6.07, 6.45) is 0. The fourth-order valence-electron chi connectivity index (χ4n) is 3.56. The molecule has 0 aliphatic carbocycles. The largest absolute Gasteiger partial charge is 0.496 e. The highest BCUT2D eigenvalue weighted by Crippen LogP contribution is 2.34. The standard InChI is InChI=1S/C24H20FN3O3S/c1-29-20-10-8-19(25)12-18(20)14-32-24-27-26-23(17-5-3-2-4-6-17)28(24)13-16-7-9-21-22(11-16)31-15-30-21/h2-12H,13-15H2,1H3. The minimum Gasteiger partial charge on any atom is -0.496 e. The Morgan fingerprint density at radius 3 is 2.69 bits per heavy atom. The molecule has 6 nitrogen and oxygen atoms in total. The Hall–Kier alpha value is -3.52. The molecule has 1 aliphatic heterocycles. The van der Waals surface area contributed by atoms with Gasteiger partial charge in [-0.05, 0) is 35.9 Å². The van der Waals surface area contributed by atoms with Gasteiger partial charge in [-0.15, -0.1) is 10.2 Å². The van der Waals surface area contributed by atoms with Gasteiger partial charge in [0, 0.05) is 16.9 Å². The van der Waals surface area contributed by atoms with Crippen LogP contribution in [0.3, 0.4) is 0 Å². The zero-order valence-corrected chi connectivity index (χ0v) is 18.1. The number of halogens is 1. The zero-order valence-electron chi connectivity index (χ0n) is 17.3. The molecule has 162 valence electrons. The maximum absolute atomic E-state index is 13.8. The third kappa shape index (κ3) is 4.13. The minimum absolute atomic E-state index is 0.233. The lowest BCUT2D eigenvalue weighted by molar-refractivity contribution is 0.174. The molecule has 0 fully saturated rings. The zero-order chi connectivity index (χ0) is 21.9. The van der Waals surface area contributed by atoms with Crippen LogP contribution in [0, 0.1) is 5.82 Å². The predicted molar refractivity (Wildman–Crippen MR) is 120 cm³/mol. The van der Waals surface area contributed by atoms with Gasteiger partial charge in [0.1, 0.15) is 11.6 Å². The number of fused-ring (bicyclic) bond motifs is 1. The Balaban J connectivity index is 1.47. The van der Waals surface area contributed by atoms with Crippen LogP contribution >= 0.6 is 11.8 Å². The van der Waals surface area contributed by atoms with Crippen molar-refractivity contribution in [2.24, 2.45) is 0 Å². The fourth-order valence-corrected chi connectivity index (χ4v) is 4.48. The number of thioether (sulfide) groups is 1. The maximum Gasteiger partial charge on any atom is 0.231 e. The van der Waals surface area contributed by atoms with E-state index in [0.717, 1.165) is 39.2 Å². The molecule has 1 aliphatic rings. The molecular weight excluding hydrogens is 429 g/mol. The Morgan fingerprint density at radius 2 is 1.84 bits per heavy atom. The van der Waals surface area contributed by atoms with Crippen molar-refractivity contribution in [2.45, 2.75) is 17.5 Å². The number of ether oxygens (including phenoxy) is 3. The molecule has 0 radical (unpaired) electrons. The summed E-state index contributed by atoms with van der Waals surface area (Å²) in [6.45, 7) is 0.785. The first-order valence-corrected chi connectivity index (χ1v) is 11.0. The number of hydrogen-bond donors (Lipinski definition) is 0. The molecule has 0 spiro atoms. The van der Waals surface area contributed by atoms with Crippen molar-refractivity contribution in [3.63, 3.8) is 0 Å². The minimum atomic E-state index is -0.298. The molecule has 0 saturated heterocycles. The smallest absolute Gasteiger partial charge is 0.231 e. The van der Waals surface area contributed by atoms with Crippen LogP contribution in [0.5, 0.6) is 17.2 Å². The van der Waals surface area contributed by atoms with Crippen LogP contribution in [-0.2, 0) is 12.3 Å². The van der Waals surface area contributed by atoms with Crippen LogP contribution in [0.1, 0.15) is 11.1 Å². The molecule has 4 aromatic rings. The monoisotopic (exact) mass is 449 g/mol. The third-order valence-corrected chi connectivity index (χ3v) is 6.14. The number of hydrogen-bond acceptors (Lipinski definition) is 6. The summed E-state index contributed by atoms with van der Waals surface area (Å²) in [7, 11) is 1.58. The van der Waals surface area contributed by atoms with Crippen LogP contribution in [-0.4, -0.2) is 28.7 Å². The van der Waals surface area contributed by atoms with E-state index in [9.17, 15) is 4.39 Å². The lowest BCUT2D eigenvalue weighted by Gasteiger charge is -2.12. The van der Waals surface area contributed by atoms with Crippen LogP contribution in [0.15, 0.2) is 71.9 Å². The molecule has 0 bridgehead atoms. The maximum atomic E-state index is 13.8. The van der Waals surface area contributed by atoms with E-state index in [2.05, 4.69) is 14.8 Å². The second-order valence-electron chi connectivity index (χ2n) is 7.19. The average Bonchev–Trinajstić information content (AvgIpc) is 3.45. The first-order valence-electron chi connectivity index (χ1n) is 10.0. The van der Waals surface area contributed by atoms with Crippen LogP contribution in [0.25, 0.3) is 11.4 Å².